The molecule has 2 heterocycles. The first-order chi connectivity index (χ1) is 15.3. The predicted molar refractivity (Wildman–Crippen MR) is 122 cm³/mol. The molecule has 0 aliphatic carbocycles. The van der Waals surface area contributed by atoms with Crippen LogP contribution in [-0.4, -0.2) is 31.1 Å². The van der Waals surface area contributed by atoms with E-state index in [4.69, 9.17) is 16.3 Å². The zero-order chi connectivity index (χ0) is 22.7. The van der Waals surface area contributed by atoms with Gasteiger partial charge in [-0.3, -0.25) is 4.79 Å². The first-order valence-electron chi connectivity index (χ1n) is 10.2. The van der Waals surface area contributed by atoms with Crippen LogP contribution in [0.4, 0.5) is 4.39 Å². The molecule has 5 nitrogen and oxygen atoms in total. The molecule has 9 heteroatoms. The van der Waals surface area contributed by atoms with Gasteiger partial charge < -0.3 is 4.74 Å². The Morgan fingerprint density at radius 2 is 1.88 bits per heavy atom. The molecule has 0 radical (unpaired) electrons. The second-order valence-corrected chi connectivity index (χ2v) is 11.3. The molecule has 168 valence electrons. The largest absolute Gasteiger partial charge is 0.457 e. The number of benzene rings is 2. The van der Waals surface area contributed by atoms with Crippen LogP contribution in [0.2, 0.25) is 4.34 Å². The second kappa shape index (κ2) is 9.70. The zero-order valence-electron chi connectivity index (χ0n) is 17.0. The molecule has 0 bridgehead atoms. The van der Waals surface area contributed by atoms with Crippen LogP contribution in [0.5, 0.6) is 11.5 Å². The Morgan fingerprint density at radius 3 is 2.59 bits per heavy atom. The van der Waals surface area contributed by atoms with Gasteiger partial charge in [0.2, 0.25) is 0 Å². The minimum Gasteiger partial charge on any atom is -0.457 e. The molecule has 0 N–H and O–H groups in total. The standard InChI is InChI=1S/C23H21ClFNO4S2/c24-22-11-12-23(31-22)32(28,29)26-13-3-8-20(26)21(27)10-9-16-4-1-6-18(14-16)30-19-7-2-5-17(25)15-19/h1-2,4-7,11-12,14-15,20H,3,8-10,13H2/t20-/m0/s1. The maximum absolute atomic E-state index is 13.4. The number of aryl methyl sites for hydroxylation is 1. The summed E-state index contributed by atoms with van der Waals surface area (Å²) in [5.41, 5.74) is 0.879. The van der Waals surface area contributed by atoms with E-state index in [0.717, 1.165) is 16.9 Å². The van der Waals surface area contributed by atoms with E-state index in [0.29, 0.717) is 41.6 Å². The molecular weight excluding hydrogens is 473 g/mol. The molecule has 1 atom stereocenters. The smallest absolute Gasteiger partial charge is 0.253 e. The molecule has 1 saturated heterocycles. The number of sulfonamides is 1. The van der Waals surface area contributed by atoms with E-state index in [2.05, 4.69) is 0 Å². The lowest BCUT2D eigenvalue weighted by atomic mass is 10.0. The average Bonchev–Trinajstić information content (AvgIpc) is 3.42. The maximum Gasteiger partial charge on any atom is 0.253 e. The zero-order valence-corrected chi connectivity index (χ0v) is 19.4. The number of hydrogen-bond acceptors (Lipinski definition) is 5. The number of halogens is 2. The summed E-state index contributed by atoms with van der Waals surface area (Å²) in [5.74, 6) is 0.439. The van der Waals surface area contributed by atoms with E-state index in [-0.39, 0.29) is 22.2 Å². The summed E-state index contributed by atoms with van der Waals surface area (Å²) >= 11 is 6.90. The van der Waals surface area contributed by atoms with E-state index in [9.17, 15) is 17.6 Å². The van der Waals surface area contributed by atoms with Crippen LogP contribution < -0.4 is 4.74 Å². The van der Waals surface area contributed by atoms with Gasteiger partial charge in [-0.15, -0.1) is 11.3 Å². The third-order valence-corrected chi connectivity index (χ3v) is 8.88. The summed E-state index contributed by atoms with van der Waals surface area (Å²) in [4.78, 5) is 12.9. The van der Waals surface area contributed by atoms with Crippen molar-refractivity contribution in [1.82, 2.24) is 4.31 Å². The van der Waals surface area contributed by atoms with Crippen molar-refractivity contribution in [3.05, 3.63) is 76.4 Å². The lowest BCUT2D eigenvalue weighted by Crippen LogP contribution is -2.40. The van der Waals surface area contributed by atoms with Crippen LogP contribution in [0.3, 0.4) is 0 Å². The Labute approximate surface area is 195 Å². The van der Waals surface area contributed by atoms with E-state index in [1.165, 1.54) is 22.5 Å². The summed E-state index contributed by atoms with van der Waals surface area (Å²) < 4.78 is 46.8. The summed E-state index contributed by atoms with van der Waals surface area (Å²) in [7, 11) is -3.74. The molecular formula is C23H21ClFNO4S2. The molecule has 0 unspecified atom stereocenters. The number of carbonyl (C=O) groups is 1. The normalized spacial score (nSPS) is 16.9. The number of rotatable bonds is 8. The molecule has 1 aliphatic heterocycles. The highest BCUT2D eigenvalue weighted by molar-refractivity contribution is 7.91. The monoisotopic (exact) mass is 493 g/mol. The Bertz CT molecular complexity index is 1230. The van der Waals surface area contributed by atoms with E-state index < -0.39 is 16.1 Å². The van der Waals surface area contributed by atoms with Crippen LogP contribution in [0.15, 0.2) is 64.9 Å². The van der Waals surface area contributed by atoms with Gasteiger partial charge in [0.25, 0.3) is 10.0 Å². The molecule has 0 spiro atoms. The fourth-order valence-electron chi connectivity index (χ4n) is 3.77. The molecule has 1 fully saturated rings. The Morgan fingerprint density at radius 1 is 1.12 bits per heavy atom. The van der Waals surface area contributed by atoms with E-state index >= 15 is 0 Å². The first kappa shape index (κ1) is 22.9. The SMILES string of the molecule is O=C(CCc1cccc(Oc2cccc(F)c2)c1)[C@@H]1CCCN1S(=O)(=O)c1ccc(Cl)s1. The van der Waals surface area contributed by atoms with Gasteiger partial charge in [-0.1, -0.05) is 29.8 Å². The molecule has 32 heavy (non-hydrogen) atoms. The van der Waals surface area contributed by atoms with Crippen LogP contribution in [0.25, 0.3) is 0 Å². The highest BCUT2D eigenvalue weighted by Crippen LogP contribution is 2.33. The minimum atomic E-state index is -3.74. The van der Waals surface area contributed by atoms with Crippen molar-refractivity contribution >= 4 is 38.7 Å². The number of nitrogens with zero attached hydrogens (tertiary/aromatic N) is 1. The Kier molecular flexibility index (Phi) is 6.95. The van der Waals surface area contributed by atoms with Crippen LogP contribution in [0.1, 0.15) is 24.8 Å². The van der Waals surface area contributed by atoms with Crippen LogP contribution in [-0.2, 0) is 21.2 Å². The average molecular weight is 494 g/mol. The van der Waals surface area contributed by atoms with Gasteiger partial charge in [0, 0.05) is 19.0 Å². The van der Waals surface area contributed by atoms with Gasteiger partial charge in [-0.05, 0) is 61.2 Å². The summed E-state index contributed by atoms with van der Waals surface area (Å²) in [6.07, 6.45) is 1.82. The summed E-state index contributed by atoms with van der Waals surface area (Å²) in [6.45, 7) is 0.325. The van der Waals surface area contributed by atoms with Crippen LogP contribution >= 0.6 is 22.9 Å². The number of ether oxygens (including phenoxy) is 1. The third kappa shape index (κ3) is 5.20. The van der Waals surface area contributed by atoms with Crippen molar-refractivity contribution in [1.29, 1.82) is 0 Å². The van der Waals surface area contributed by atoms with Crippen molar-refractivity contribution in [2.45, 2.75) is 35.9 Å². The van der Waals surface area contributed by atoms with Gasteiger partial charge in [-0.25, -0.2) is 12.8 Å². The highest BCUT2D eigenvalue weighted by Gasteiger charge is 2.39. The third-order valence-electron chi connectivity index (χ3n) is 5.28. The van der Waals surface area contributed by atoms with Crippen molar-refractivity contribution in [3.8, 4) is 11.5 Å². The Balaban J connectivity index is 1.41. The second-order valence-electron chi connectivity index (χ2n) is 7.51. The van der Waals surface area contributed by atoms with Crippen molar-refractivity contribution in [3.63, 3.8) is 0 Å². The summed E-state index contributed by atoms with van der Waals surface area (Å²) in [5, 5.41) is 0. The Hall–Kier alpha value is -2.26. The van der Waals surface area contributed by atoms with Crippen LogP contribution in [0, 0.1) is 5.82 Å². The number of carbonyl (C=O) groups excluding carboxylic acids is 1. The van der Waals surface area contributed by atoms with E-state index in [1.54, 1.807) is 36.4 Å². The van der Waals surface area contributed by atoms with Crippen molar-refractivity contribution in [2.24, 2.45) is 0 Å². The lowest BCUT2D eigenvalue weighted by Gasteiger charge is -2.22. The number of ketones is 1. The quantitative estimate of drug-likeness (QED) is 0.404. The van der Waals surface area contributed by atoms with Gasteiger partial charge in [0.15, 0.2) is 5.78 Å². The van der Waals surface area contributed by atoms with E-state index in [1.807, 2.05) is 6.07 Å². The fourth-order valence-corrected chi connectivity index (χ4v) is 7.06. The van der Waals surface area contributed by atoms with Gasteiger partial charge in [0.05, 0.1) is 10.4 Å². The molecule has 3 aromatic rings. The molecule has 1 aliphatic rings. The van der Waals surface area contributed by atoms with Gasteiger partial charge in [0.1, 0.15) is 21.5 Å². The van der Waals surface area contributed by atoms with Gasteiger partial charge >= 0.3 is 0 Å². The predicted octanol–water partition coefficient (Wildman–Crippen LogP) is 5.69. The first-order valence-corrected chi connectivity index (χ1v) is 12.8. The molecule has 0 saturated carbocycles. The molecule has 2 aromatic carbocycles. The fraction of sp³-hybridized carbons (Fsp3) is 0.261. The molecule has 4 rings (SSSR count). The topological polar surface area (TPSA) is 63.7 Å². The van der Waals surface area contributed by atoms with Crippen molar-refractivity contribution < 1.29 is 22.3 Å². The number of hydrogen-bond donors (Lipinski definition) is 0. The number of thiophene rings is 1. The minimum absolute atomic E-state index is 0.106. The lowest BCUT2D eigenvalue weighted by molar-refractivity contribution is -0.122. The van der Waals surface area contributed by atoms with Crippen molar-refractivity contribution in [2.75, 3.05) is 6.54 Å². The summed E-state index contributed by atoms with van der Waals surface area (Å²) in [6, 6.07) is 15.5. The maximum atomic E-state index is 13.4. The molecule has 1 aromatic heterocycles. The number of Topliss-reactive ketones (excluding diaryl/α,β-unsaturated/α-hetero) is 1. The van der Waals surface area contributed by atoms with Gasteiger partial charge in [-0.2, -0.15) is 4.31 Å². The molecule has 0 amide bonds. The highest BCUT2D eigenvalue weighted by atomic mass is 35.5.